The second kappa shape index (κ2) is 7.57. The zero-order valence-corrected chi connectivity index (χ0v) is 14.4. The van der Waals surface area contributed by atoms with Crippen molar-refractivity contribution < 1.29 is 17.6 Å². The predicted octanol–water partition coefficient (Wildman–Crippen LogP) is 2.75. The van der Waals surface area contributed by atoms with E-state index in [0.29, 0.717) is 5.56 Å². The molecule has 0 saturated carbocycles. The molecule has 0 bridgehead atoms. The lowest BCUT2D eigenvalue weighted by molar-refractivity contribution is -0.120. The first-order valence-corrected chi connectivity index (χ1v) is 9.29. The lowest BCUT2D eigenvalue weighted by atomic mass is 10.1. The summed E-state index contributed by atoms with van der Waals surface area (Å²) < 4.78 is 37.6. The first-order chi connectivity index (χ1) is 11.3. The van der Waals surface area contributed by atoms with Crippen molar-refractivity contribution in [2.24, 2.45) is 0 Å². The van der Waals surface area contributed by atoms with Gasteiger partial charge in [-0.15, -0.1) is 0 Å². The van der Waals surface area contributed by atoms with Crippen molar-refractivity contribution in [3.63, 3.8) is 0 Å². The highest BCUT2D eigenvalue weighted by Crippen LogP contribution is 2.13. The average Bonchev–Trinajstić information content (AvgIpc) is 2.55. The van der Waals surface area contributed by atoms with Crippen molar-refractivity contribution in [2.45, 2.75) is 31.4 Å². The van der Waals surface area contributed by atoms with Crippen LogP contribution in [0.3, 0.4) is 0 Å². The molecule has 2 aromatic carbocycles. The minimum absolute atomic E-state index is 0.280. The number of aryl methyl sites for hydroxylation is 1. The average molecular weight is 349 g/mol. The fraction of sp³-hybridized carbons (Fsp3) is 0.278. The second-order valence-electron chi connectivity index (χ2n) is 5.72. The summed E-state index contributed by atoms with van der Waals surface area (Å²) >= 11 is 0. The summed E-state index contributed by atoms with van der Waals surface area (Å²) in [4.78, 5) is 12.2. The van der Waals surface area contributed by atoms with Crippen molar-refractivity contribution in [2.75, 3.05) is 0 Å². The Kier molecular flexibility index (Phi) is 5.72. The van der Waals surface area contributed by atoms with Gasteiger partial charge in [0, 0.05) is 6.54 Å². The van der Waals surface area contributed by atoms with Gasteiger partial charge in [-0.05, 0) is 42.7 Å². The molecular formula is C18H20FNO3S. The number of halogens is 1. The summed E-state index contributed by atoms with van der Waals surface area (Å²) in [7, 11) is -3.67. The summed E-state index contributed by atoms with van der Waals surface area (Å²) in [6.07, 6.45) is 0. The van der Waals surface area contributed by atoms with Crippen molar-refractivity contribution >= 4 is 15.7 Å². The summed E-state index contributed by atoms with van der Waals surface area (Å²) in [6, 6.07) is 12.8. The molecule has 128 valence electrons. The van der Waals surface area contributed by atoms with Crippen LogP contribution in [0.5, 0.6) is 0 Å². The lowest BCUT2D eigenvalue weighted by Gasteiger charge is -2.14. The van der Waals surface area contributed by atoms with Gasteiger partial charge in [0.2, 0.25) is 5.91 Å². The van der Waals surface area contributed by atoms with Crippen LogP contribution >= 0.6 is 0 Å². The van der Waals surface area contributed by atoms with Crippen molar-refractivity contribution in [1.29, 1.82) is 0 Å². The van der Waals surface area contributed by atoms with Gasteiger partial charge in [0.1, 0.15) is 11.1 Å². The Morgan fingerprint density at radius 3 is 2.38 bits per heavy atom. The number of carbonyl (C=O) groups excluding carboxylic acids is 1. The third-order valence-electron chi connectivity index (χ3n) is 3.90. The minimum atomic E-state index is -3.67. The van der Waals surface area contributed by atoms with Crippen LogP contribution in [0.15, 0.2) is 48.5 Å². The van der Waals surface area contributed by atoms with Crippen LogP contribution in [-0.4, -0.2) is 19.6 Å². The van der Waals surface area contributed by atoms with Crippen molar-refractivity contribution in [3.8, 4) is 0 Å². The summed E-state index contributed by atoms with van der Waals surface area (Å²) in [6.45, 7) is 3.57. The van der Waals surface area contributed by atoms with Crippen molar-refractivity contribution in [3.05, 3.63) is 71.0 Å². The molecule has 0 fully saturated rings. The molecule has 0 aliphatic rings. The molecule has 0 heterocycles. The molecule has 0 saturated heterocycles. The Morgan fingerprint density at radius 1 is 1.12 bits per heavy atom. The SMILES string of the molecule is Cc1ccccc1CNC(=O)C(C)S(=O)(=O)Cc1ccc(F)cc1. The molecule has 24 heavy (non-hydrogen) atoms. The van der Waals surface area contributed by atoms with Crippen LogP contribution in [-0.2, 0) is 26.9 Å². The molecule has 2 rings (SSSR count). The Morgan fingerprint density at radius 2 is 1.75 bits per heavy atom. The van der Waals surface area contributed by atoms with E-state index in [1.165, 1.54) is 31.2 Å². The van der Waals surface area contributed by atoms with Gasteiger partial charge in [0.25, 0.3) is 0 Å². The number of hydrogen-bond acceptors (Lipinski definition) is 3. The third-order valence-corrected chi connectivity index (χ3v) is 5.93. The number of benzene rings is 2. The van der Waals surface area contributed by atoms with Gasteiger partial charge in [0.15, 0.2) is 9.84 Å². The molecule has 0 aromatic heterocycles. The minimum Gasteiger partial charge on any atom is -0.351 e. The van der Waals surface area contributed by atoms with E-state index in [9.17, 15) is 17.6 Å². The summed E-state index contributed by atoms with van der Waals surface area (Å²) in [5.74, 6) is -1.27. The molecule has 1 atom stereocenters. The van der Waals surface area contributed by atoms with Crippen LogP contribution in [0, 0.1) is 12.7 Å². The molecule has 0 aliphatic carbocycles. The largest absolute Gasteiger partial charge is 0.351 e. The number of nitrogens with one attached hydrogen (secondary N) is 1. The smallest absolute Gasteiger partial charge is 0.238 e. The van der Waals surface area contributed by atoms with Gasteiger partial charge in [-0.25, -0.2) is 12.8 Å². The highest BCUT2D eigenvalue weighted by molar-refractivity contribution is 7.92. The maximum Gasteiger partial charge on any atom is 0.238 e. The van der Waals surface area contributed by atoms with Crippen LogP contribution < -0.4 is 5.32 Å². The molecule has 2 aromatic rings. The maximum atomic E-state index is 12.9. The molecule has 6 heteroatoms. The van der Waals surface area contributed by atoms with E-state index in [1.807, 2.05) is 31.2 Å². The normalized spacial score (nSPS) is 12.6. The van der Waals surface area contributed by atoms with E-state index in [4.69, 9.17) is 0 Å². The van der Waals surface area contributed by atoms with Gasteiger partial charge in [-0.1, -0.05) is 36.4 Å². The topological polar surface area (TPSA) is 63.2 Å². The van der Waals surface area contributed by atoms with Gasteiger partial charge < -0.3 is 5.32 Å². The number of sulfone groups is 1. The molecule has 1 N–H and O–H groups in total. The zero-order valence-electron chi connectivity index (χ0n) is 13.6. The molecular weight excluding hydrogens is 329 g/mol. The Labute approximate surface area is 141 Å². The molecule has 1 unspecified atom stereocenters. The highest BCUT2D eigenvalue weighted by Gasteiger charge is 2.28. The molecule has 0 radical (unpaired) electrons. The zero-order chi connectivity index (χ0) is 17.7. The monoisotopic (exact) mass is 349 g/mol. The predicted molar refractivity (Wildman–Crippen MR) is 91.5 cm³/mol. The van der Waals surface area contributed by atoms with E-state index in [0.717, 1.165) is 11.1 Å². The van der Waals surface area contributed by atoms with Crippen LogP contribution in [0.1, 0.15) is 23.6 Å². The van der Waals surface area contributed by atoms with E-state index in [2.05, 4.69) is 5.32 Å². The fourth-order valence-electron chi connectivity index (χ4n) is 2.24. The molecule has 0 aliphatic heterocycles. The number of rotatable bonds is 6. The number of carbonyl (C=O) groups is 1. The van der Waals surface area contributed by atoms with Gasteiger partial charge in [0.05, 0.1) is 5.75 Å². The van der Waals surface area contributed by atoms with E-state index in [1.54, 1.807) is 0 Å². The van der Waals surface area contributed by atoms with E-state index in [-0.39, 0.29) is 12.3 Å². The van der Waals surface area contributed by atoms with Gasteiger partial charge in [-0.2, -0.15) is 0 Å². The van der Waals surface area contributed by atoms with Crippen LogP contribution in [0.2, 0.25) is 0 Å². The van der Waals surface area contributed by atoms with Crippen molar-refractivity contribution in [1.82, 2.24) is 5.32 Å². The Bertz CT molecular complexity index is 816. The number of hydrogen-bond donors (Lipinski definition) is 1. The second-order valence-corrected chi connectivity index (χ2v) is 8.04. The van der Waals surface area contributed by atoms with Gasteiger partial charge in [-0.3, -0.25) is 4.79 Å². The quantitative estimate of drug-likeness (QED) is 0.872. The number of amides is 1. The first-order valence-electron chi connectivity index (χ1n) is 7.58. The van der Waals surface area contributed by atoms with E-state index < -0.39 is 26.8 Å². The van der Waals surface area contributed by atoms with E-state index >= 15 is 0 Å². The van der Waals surface area contributed by atoms with Gasteiger partial charge >= 0.3 is 0 Å². The molecule has 0 spiro atoms. The first kappa shape index (κ1) is 18.1. The molecule has 4 nitrogen and oxygen atoms in total. The standard InChI is InChI=1S/C18H20FNO3S/c1-13-5-3-4-6-16(13)11-20-18(21)14(2)24(22,23)12-15-7-9-17(19)10-8-15/h3-10,14H,11-12H2,1-2H3,(H,20,21). The lowest BCUT2D eigenvalue weighted by Crippen LogP contribution is -2.38. The highest BCUT2D eigenvalue weighted by atomic mass is 32.2. The fourth-order valence-corrected chi connectivity index (χ4v) is 3.55. The van der Waals surface area contributed by atoms with Crippen LogP contribution in [0.4, 0.5) is 4.39 Å². The van der Waals surface area contributed by atoms with Crippen LogP contribution in [0.25, 0.3) is 0 Å². The molecule has 1 amide bonds. The Balaban J connectivity index is 2.00. The summed E-state index contributed by atoms with van der Waals surface area (Å²) in [5, 5.41) is 1.49. The Hall–Kier alpha value is -2.21. The third kappa shape index (κ3) is 4.64. The maximum absolute atomic E-state index is 12.9. The summed E-state index contributed by atoms with van der Waals surface area (Å²) in [5.41, 5.74) is 2.42.